The molecule has 0 saturated heterocycles. The molecule has 0 spiro atoms. The first kappa shape index (κ1) is 25.5. The van der Waals surface area contributed by atoms with Crippen molar-refractivity contribution in [2.75, 3.05) is 0 Å². The van der Waals surface area contributed by atoms with Crippen molar-refractivity contribution in [3.05, 3.63) is 71.8 Å². The second-order valence-electron chi connectivity index (χ2n) is 9.95. The molecule has 1 aromatic rings. The minimum Gasteiger partial charge on any atom is -0.478 e. The molecule has 33 heavy (non-hydrogen) atoms. The maximum Gasteiger partial charge on any atom is 0.335 e. The van der Waals surface area contributed by atoms with Gasteiger partial charge in [-0.15, -0.1) is 6.58 Å². The Balaban J connectivity index is 1.48. The Morgan fingerprint density at radius 2 is 1.97 bits per heavy atom. The maximum absolute atomic E-state index is 11.4. The summed E-state index contributed by atoms with van der Waals surface area (Å²) >= 11 is 0. The highest BCUT2D eigenvalue weighted by atomic mass is 16.4. The highest BCUT2D eigenvalue weighted by Crippen LogP contribution is 2.48. The summed E-state index contributed by atoms with van der Waals surface area (Å²) in [6.07, 6.45) is 16.9. The summed E-state index contributed by atoms with van der Waals surface area (Å²) in [7, 11) is 0. The highest BCUT2D eigenvalue weighted by molar-refractivity contribution is 5.89. The number of carboxylic acid groups (broad SMARTS) is 1. The molecule has 1 aromatic carbocycles. The smallest absolute Gasteiger partial charge is 0.335 e. The summed E-state index contributed by atoms with van der Waals surface area (Å²) in [5.74, 6) is 0.181. The largest absolute Gasteiger partial charge is 0.478 e. The Labute approximate surface area is 198 Å². The number of unbranched alkanes of at least 4 members (excludes halogenated alkanes) is 2. The number of rotatable bonds is 13. The van der Waals surface area contributed by atoms with Gasteiger partial charge in [-0.2, -0.15) is 0 Å². The molecule has 3 rings (SSSR count). The molecule has 180 valence electrons. The zero-order valence-corrected chi connectivity index (χ0v) is 20.0. The van der Waals surface area contributed by atoms with Crippen LogP contribution in [-0.2, 0) is 6.42 Å². The lowest BCUT2D eigenvalue weighted by Gasteiger charge is -2.23. The molecule has 0 radical (unpaired) electrons. The second-order valence-corrected chi connectivity index (χ2v) is 9.95. The van der Waals surface area contributed by atoms with E-state index in [0.29, 0.717) is 23.8 Å². The number of aryl methyl sites for hydroxylation is 1. The van der Waals surface area contributed by atoms with E-state index in [1.165, 1.54) is 5.57 Å². The Kier molecular flexibility index (Phi) is 9.10. The Morgan fingerprint density at radius 3 is 2.70 bits per heavy atom. The van der Waals surface area contributed by atoms with E-state index in [2.05, 4.69) is 25.7 Å². The third kappa shape index (κ3) is 6.68. The fraction of sp³-hybridized carbons (Fsp3) is 0.552. The van der Waals surface area contributed by atoms with E-state index >= 15 is 0 Å². The van der Waals surface area contributed by atoms with Crippen molar-refractivity contribution in [1.82, 2.24) is 0 Å². The van der Waals surface area contributed by atoms with Crippen LogP contribution in [0.3, 0.4) is 0 Å². The number of aliphatic hydroxyl groups is 2. The molecule has 4 nitrogen and oxygen atoms in total. The van der Waals surface area contributed by atoms with Crippen LogP contribution in [0.2, 0.25) is 0 Å². The van der Waals surface area contributed by atoms with E-state index in [1.807, 2.05) is 18.2 Å². The van der Waals surface area contributed by atoms with Gasteiger partial charge in [0.05, 0.1) is 17.3 Å². The molecule has 0 aliphatic heterocycles. The normalized spacial score (nSPS) is 26.2. The first-order chi connectivity index (χ1) is 15.9. The van der Waals surface area contributed by atoms with E-state index in [1.54, 1.807) is 18.2 Å². The van der Waals surface area contributed by atoms with Crippen molar-refractivity contribution < 1.29 is 20.1 Å². The molecule has 3 N–H and O–H groups in total. The van der Waals surface area contributed by atoms with Gasteiger partial charge in [0.15, 0.2) is 0 Å². The predicted molar refractivity (Wildman–Crippen MR) is 133 cm³/mol. The first-order valence-corrected chi connectivity index (χ1v) is 12.6. The van der Waals surface area contributed by atoms with Crippen LogP contribution in [0.25, 0.3) is 0 Å². The molecule has 0 heterocycles. The summed E-state index contributed by atoms with van der Waals surface area (Å²) in [6, 6.07) is 7.27. The third-order valence-electron chi connectivity index (χ3n) is 7.56. The molecule has 0 bridgehead atoms. The second kappa shape index (κ2) is 11.8. The van der Waals surface area contributed by atoms with Gasteiger partial charge in [0.1, 0.15) is 0 Å². The monoisotopic (exact) mass is 452 g/mol. The number of carboxylic acids is 1. The number of carbonyl (C=O) groups is 1. The van der Waals surface area contributed by atoms with Crippen LogP contribution >= 0.6 is 0 Å². The van der Waals surface area contributed by atoms with Gasteiger partial charge in [0.25, 0.3) is 0 Å². The quantitative estimate of drug-likeness (QED) is 0.250. The number of aromatic carboxylic acids is 1. The van der Waals surface area contributed by atoms with Crippen molar-refractivity contribution in [2.24, 2.45) is 17.8 Å². The lowest BCUT2D eigenvalue weighted by atomic mass is 9.87. The number of aliphatic hydroxyl groups excluding tert-OH is 1. The van der Waals surface area contributed by atoms with Gasteiger partial charge in [0.2, 0.25) is 0 Å². The Bertz CT molecular complexity index is 870. The molecule has 0 amide bonds. The minimum absolute atomic E-state index is 0.145. The van der Waals surface area contributed by atoms with Crippen LogP contribution in [0, 0.1) is 17.8 Å². The van der Waals surface area contributed by atoms with E-state index in [9.17, 15) is 20.1 Å². The standard InChI is InChI=1S/C29H40O4/c1-3-5-16-29(33,4-2)17-10-15-25-26-19-21(18-23(26)20-27(25)30)11-6-7-12-22-13-8-9-14-24(22)28(31)32/h4,8-10,13-15,18,23,25-27,30,33H,2-3,5-7,11-12,16-17,19-20H2,1H3,(H,31,32)/b15-10+/t23-,25-,26-,27+,29?/m0/s1. The van der Waals surface area contributed by atoms with Gasteiger partial charge >= 0.3 is 5.97 Å². The van der Waals surface area contributed by atoms with Crippen LogP contribution in [0.5, 0.6) is 0 Å². The van der Waals surface area contributed by atoms with Crippen molar-refractivity contribution >= 4 is 5.97 Å². The topological polar surface area (TPSA) is 77.8 Å². The maximum atomic E-state index is 11.4. The molecular weight excluding hydrogens is 412 g/mol. The van der Waals surface area contributed by atoms with Crippen LogP contribution in [0.15, 0.2) is 60.7 Å². The molecule has 5 atom stereocenters. The number of hydrogen-bond donors (Lipinski definition) is 3. The number of hydrogen-bond acceptors (Lipinski definition) is 3. The summed E-state index contributed by atoms with van der Waals surface area (Å²) in [4.78, 5) is 11.4. The number of allylic oxidation sites excluding steroid dienone is 2. The highest BCUT2D eigenvalue weighted by Gasteiger charge is 2.43. The van der Waals surface area contributed by atoms with E-state index in [0.717, 1.165) is 63.4 Å². The van der Waals surface area contributed by atoms with Crippen molar-refractivity contribution in [3.63, 3.8) is 0 Å². The molecular formula is C29H40O4. The van der Waals surface area contributed by atoms with Gasteiger partial charge in [0, 0.05) is 5.92 Å². The summed E-state index contributed by atoms with van der Waals surface area (Å²) in [5.41, 5.74) is 1.95. The Hall–Kier alpha value is -2.17. The molecule has 1 fully saturated rings. The molecule has 4 heteroatoms. The molecule has 0 aromatic heterocycles. The van der Waals surface area contributed by atoms with Crippen molar-refractivity contribution in [1.29, 1.82) is 0 Å². The summed E-state index contributed by atoms with van der Waals surface area (Å²) in [5, 5.41) is 30.6. The average molecular weight is 453 g/mol. The van der Waals surface area contributed by atoms with Crippen LogP contribution in [0.4, 0.5) is 0 Å². The third-order valence-corrected chi connectivity index (χ3v) is 7.56. The lowest BCUT2D eigenvalue weighted by Crippen LogP contribution is -2.24. The predicted octanol–water partition coefficient (Wildman–Crippen LogP) is 6.09. The van der Waals surface area contributed by atoms with Gasteiger partial charge in [-0.05, 0) is 74.8 Å². The Morgan fingerprint density at radius 1 is 1.21 bits per heavy atom. The average Bonchev–Trinajstić information content (AvgIpc) is 3.32. The van der Waals surface area contributed by atoms with Gasteiger partial charge in [-0.3, -0.25) is 0 Å². The fourth-order valence-electron chi connectivity index (χ4n) is 5.60. The molecule has 1 saturated carbocycles. The van der Waals surface area contributed by atoms with E-state index < -0.39 is 11.6 Å². The van der Waals surface area contributed by atoms with E-state index in [-0.39, 0.29) is 12.0 Å². The zero-order chi connectivity index (χ0) is 23.8. The van der Waals surface area contributed by atoms with Gasteiger partial charge in [-0.1, -0.05) is 67.8 Å². The van der Waals surface area contributed by atoms with Crippen molar-refractivity contribution in [3.8, 4) is 0 Å². The summed E-state index contributed by atoms with van der Waals surface area (Å²) in [6.45, 7) is 5.93. The fourth-order valence-corrected chi connectivity index (χ4v) is 5.60. The number of benzene rings is 1. The molecule has 2 aliphatic carbocycles. The lowest BCUT2D eigenvalue weighted by molar-refractivity contribution is 0.0695. The van der Waals surface area contributed by atoms with Crippen molar-refractivity contribution in [2.45, 2.75) is 82.8 Å². The van der Waals surface area contributed by atoms with E-state index in [4.69, 9.17) is 0 Å². The molecule has 1 unspecified atom stereocenters. The summed E-state index contributed by atoms with van der Waals surface area (Å²) < 4.78 is 0. The van der Waals surface area contributed by atoms with Crippen LogP contribution in [0.1, 0.15) is 80.6 Å². The number of fused-ring (bicyclic) bond motifs is 1. The SMILES string of the molecule is C=CC(O)(C/C=C/[C@H]1[C@H]2CC(CCCCc3ccccc3C(=O)O)=C[C@H]2C[C@H]1O)CCCC. The zero-order valence-electron chi connectivity index (χ0n) is 20.0. The van der Waals surface area contributed by atoms with Gasteiger partial charge in [-0.25, -0.2) is 4.79 Å². The minimum atomic E-state index is -0.855. The van der Waals surface area contributed by atoms with Crippen LogP contribution < -0.4 is 0 Å². The van der Waals surface area contributed by atoms with Crippen LogP contribution in [-0.4, -0.2) is 33.0 Å². The van der Waals surface area contributed by atoms with Gasteiger partial charge < -0.3 is 15.3 Å². The molecule has 2 aliphatic rings. The first-order valence-electron chi connectivity index (χ1n) is 12.6.